The number of hydrogen-bond donors (Lipinski definition) is 1. The monoisotopic (exact) mass is 294 g/mol. The van der Waals surface area contributed by atoms with E-state index >= 15 is 0 Å². The van der Waals surface area contributed by atoms with Gasteiger partial charge in [-0.1, -0.05) is 32.9 Å². The van der Waals surface area contributed by atoms with Gasteiger partial charge in [-0.2, -0.15) is 0 Å². The molecule has 0 bridgehead atoms. The molecule has 1 N–H and O–H groups in total. The molecule has 3 heteroatoms. The molecule has 0 saturated heterocycles. The zero-order valence-electron chi connectivity index (χ0n) is 13.8. The molecule has 0 fully saturated rings. The number of methoxy groups -OCH3 is 1. The number of rotatable bonds is 10. The lowest BCUT2D eigenvalue weighted by Gasteiger charge is -2.19. The van der Waals surface area contributed by atoms with Crippen molar-refractivity contribution in [2.45, 2.75) is 40.2 Å². The lowest BCUT2D eigenvalue weighted by atomic mass is 9.90. The average Bonchev–Trinajstić information content (AvgIpc) is 2.47. The maximum atomic E-state index is 9.09. The topological polar surface area (TPSA) is 38.7 Å². The number of hydrogen-bond acceptors (Lipinski definition) is 3. The van der Waals surface area contributed by atoms with Gasteiger partial charge >= 0.3 is 0 Å². The highest BCUT2D eigenvalue weighted by molar-refractivity contribution is 5.26. The minimum Gasteiger partial charge on any atom is -0.497 e. The van der Waals surface area contributed by atoms with Crippen molar-refractivity contribution in [3.8, 4) is 5.75 Å². The van der Waals surface area contributed by atoms with Gasteiger partial charge in [0.05, 0.1) is 13.7 Å². The summed E-state index contributed by atoms with van der Waals surface area (Å²) >= 11 is 0. The Labute approximate surface area is 129 Å². The third-order valence-corrected chi connectivity index (χ3v) is 3.75. The molecule has 0 radical (unpaired) electrons. The van der Waals surface area contributed by atoms with Crippen LogP contribution >= 0.6 is 0 Å². The van der Waals surface area contributed by atoms with Gasteiger partial charge in [0.1, 0.15) is 5.75 Å². The molecule has 1 aromatic rings. The Morgan fingerprint density at radius 3 is 2.14 bits per heavy atom. The molecule has 0 heterocycles. The highest BCUT2D eigenvalue weighted by atomic mass is 16.5. The summed E-state index contributed by atoms with van der Waals surface area (Å²) < 4.78 is 10.9. The zero-order valence-corrected chi connectivity index (χ0v) is 13.8. The largest absolute Gasteiger partial charge is 0.497 e. The maximum absolute atomic E-state index is 9.09. The molecule has 0 aliphatic rings. The molecular weight excluding hydrogens is 264 g/mol. The molecule has 0 amide bonds. The van der Waals surface area contributed by atoms with Crippen LogP contribution in [0.15, 0.2) is 24.3 Å². The highest BCUT2D eigenvalue weighted by Crippen LogP contribution is 2.20. The quantitative estimate of drug-likeness (QED) is 0.711. The molecule has 3 atom stereocenters. The highest BCUT2D eigenvalue weighted by Gasteiger charge is 2.12. The van der Waals surface area contributed by atoms with Crippen molar-refractivity contribution in [3.63, 3.8) is 0 Å². The van der Waals surface area contributed by atoms with E-state index < -0.39 is 0 Å². The second-order valence-electron chi connectivity index (χ2n) is 6.33. The first-order valence-electron chi connectivity index (χ1n) is 7.86. The Hall–Kier alpha value is -1.06. The Balaban J connectivity index is 2.21. The minimum atomic E-state index is 0.284. The van der Waals surface area contributed by atoms with E-state index in [9.17, 15) is 0 Å². The molecule has 0 unspecified atom stereocenters. The van der Waals surface area contributed by atoms with Crippen LogP contribution in [0.1, 0.15) is 39.2 Å². The Kier molecular flexibility index (Phi) is 8.40. The van der Waals surface area contributed by atoms with Crippen LogP contribution in [-0.2, 0) is 11.3 Å². The molecule has 1 aromatic carbocycles. The fourth-order valence-electron chi connectivity index (χ4n) is 2.71. The molecule has 0 saturated carbocycles. The fourth-order valence-corrected chi connectivity index (χ4v) is 2.71. The molecular formula is C18H30O3. The minimum absolute atomic E-state index is 0.284. The SMILES string of the molecule is COc1ccc(COC[C@@H](C)C[C@@H](C)C[C@@H](C)CO)cc1. The van der Waals surface area contributed by atoms with Gasteiger partial charge in [-0.15, -0.1) is 0 Å². The fraction of sp³-hybridized carbons (Fsp3) is 0.667. The van der Waals surface area contributed by atoms with Gasteiger partial charge in [-0.25, -0.2) is 0 Å². The summed E-state index contributed by atoms with van der Waals surface area (Å²) in [4.78, 5) is 0. The second-order valence-corrected chi connectivity index (χ2v) is 6.33. The Morgan fingerprint density at radius 2 is 1.57 bits per heavy atom. The van der Waals surface area contributed by atoms with Gasteiger partial charge in [0.2, 0.25) is 0 Å². The van der Waals surface area contributed by atoms with Crippen LogP contribution in [0.2, 0.25) is 0 Å². The van der Waals surface area contributed by atoms with Gasteiger partial charge < -0.3 is 14.6 Å². The smallest absolute Gasteiger partial charge is 0.118 e. The van der Waals surface area contributed by atoms with E-state index in [1.54, 1.807) is 7.11 Å². The van der Waals surface area contributed by atoms with Crippen molar-refractivity contribution in [2.24, 2.45) is 17.8 Å². The van der Waals surface area contributed by atoms with Gasteiger partial charge in [0.15, 0.2) is 0 Å². The summed E-state index contributed by atoms with van der Waals surface area (Å²) in [6.07, 6.45) is 2.23. The summed E-state index contributed by atoms with van der Waals surface area (Å²) in [5.74, 6) is 2.45. The molecule has 0 aromatic heterocycles. The molecule has 0 spiro atoms. The first-order valence-corrected chi connectivity index (χ1v) is 7.86. The molecule has 1 rings (SSSR count). The van der Waals surface area contributed by atoms with Crippen LogP contribution in [0, 0.1) is 17.8 Å². The average molecular weight is 294 g/mol. The zero-order chi connectivity index (χ0) is 15.7. The normalized spacial score (nSPS) is 15.5. The lowest BCUT2D eigenvalue weighted by molar-refractivity contribution is 0.0825. The van der Waals surface area contributed by atoms with Crippen LogP contribution in [0.5, 0.6) is 5.75 Å². The summed E-state index contributed by atoms with van der Waals surface area (Å²) in [7, 11) is 1.67. The number of benzene rings is 1. The number of ether oxygens (including phenoxy) is 2. The van der Waals surface area contributed by atoms with E-state index in [0.29, 0.717) is 24.4 Å². The Morgan fingerprint density at radius 1 is 0.952 bits per heavy atom. The van der Waals surface area contributed by atoms with E-state index in [1.165, 1.54) is 5.56 Å². The van der Waals surface area contributed by atoms with Gasteiger partial charge in [0, 0.05) is 13.2 Å². The predicted octanol–water partition coefficient (Wildman–Crippen LogP) is 3.89. The first kappa shape index (κ1) is 18.0. The predicted molar refractivity (Wildman–Crippen MR) is 86.5 cm³/mol. The Bertz CT molecular complexity index is 375. The van der Waals surface area contributed by atoms with E-state index in [0.717, 1.165) is 25.2 Å². The lowest BCUT2D eigenvalue weighted by Crippen LogP contribution is -2.13. The second kappa shape index (κ2) is 9.80. The van der Waals surface area contributed by atoms with Crippen LogP contribution in [0.4, 0.5) is 0 Å². The maximum Gasteiger partial charge on any atom is 0.118 e. The van der Waals surface area contributed by atoms with Crippen molar-refractivity contribution < 1.29 is 14.6 Å². The van der Waals surface area contributed by atoms with Gasteiger partial charge in [-0.05, 0) is 48.3 Å². The molecule has 21 heavy (non-hydrogen) atoms. The van der Waals surface area contributed by atoms with Crippen LogP contribution in [0.3, 0.4) is 0 Å². The van der Waals surface area contributed by atoms with Crippen LogP contribution in [-0.4, -0.2) is 25.4 Å². The standard InChI is InChI=1S/C18H30O3/c1-14(9-15(2)11-19)10-16(3)12-21-13-17-5-7-18(20-4)8-6-17/h5-8,14-16,19H,9-13H2,1-4H3/t14-,15+,16-/m0/s1. The van der Waals surface area contributed by atoms with E-state index in [4.69, 9.17) is 14.6 Å². The summed E-state index contributed by atoms with van der Waals surface area (Å²) in [6.45, 7) is 8.30. The number of aliphatic hydroxyl groups excluding tert-OH is 1. The van der Waals surface area contributed by atoms with Gasteiger partial charge in [-0.3, -0.25) is 0 Å². The molecule has 0 aliphatic carbocycles. The molecule has 3 nitrogen and oxygen atoms in total. The summed E-state index contributed by atoms with van der Waals surface area (Å²) in [6, 6.07) is 7.99. The van der Waals surface area contributed by atoms with E-state index in [-0.39, 0.29) is 6.61 Å². The third kappa shape index (κ3) is 7.49. The van der Waals surface area contributed by atoms with Gasteiger partial charge in [0.25, 0.3) is 0 Å². The summed E-state index contributed by atoms with van der Waals surface area (Å²) in [5.41, 5.74) is 1.17. The van der Waals surface area contributed by atoms with Crippen molar-refractivity contribution in [2.75, 3.05) is 20.3 Å². The van der Waals surface area contributed by atoms with Crippen LogP contribution < -0.4 is 4.74 Å². The molecule has 0 aliphatic heterocycles. The van der Waals surface area contributed by atoms with Crippen molar-refractivity contribution in [1.82, 2.24) is 0 Å². The van der Waals surface area contributed by atoms with Crippen molar-refractivity contribution in [3.05, 3.63) is 29.8 Å². The van der Waals surface area contributed by atoms with Crippen molar-refractivity contribution in [1.29, 1.82) is 0 Å². The molecule has 120 valence electrons. The van der Waals surface area contributed by atoms with Crippen molar-refractivity contribution >= 4 is 0 Å². The first-order chi connectivity index (χ1) is 10.0. The number of aliphatic hydroxyl groups is 1. The van der Waals surface area contributed by atoms with E-state index in [1.807, 2.05) is 24.3 Å². The van der Waals surface area contributed by atoms with Crippen LogP contribution in [0.25, 0.3) is 0 Å². The van der Waals surface area contributed by atoms with E-state index in [2.05, 4.69) is 20.8 Å². The summed E-state index contributed by atoms with van der Waals surface area (Å²) in [5, 5.41) is 9.09. The third-order valence-electron chi connectivity index (χ3n) is 3.75.